The Balaban J connectivity index is 1.89. The van der Waals surface area contributed by atoms with Gasteiger partial charge in [0.05, 0.1) is 13.7 Å². The molecule has 1 unspecified atom stereocenters. The van der Waals surface area contributed by atoms with Crippen molar-refractivity contribution in [1.82, 2.24) is 0 Å². The Morgan fingerprint density at radius 1 is 1.22 bits per heavy atom. The van der Waals surface area contributed by atoms with Crippen LogP contribution >= 0.6 is 0 Å². The van der Waals surface area contributed by atoms with Crippen LogP contribution in [0.25, 0.3) is 0 Å². The molecule has 0 aromatic heterocycles. The van der Waals surface area contributed by atoms with E-state index in [0.717, 1.165) is 43.8 Å². The minimum atomic E-state index is 0.0338. The van der Waals surface area contributed by atoms with E-state index in [-0.39, 0.29) is 11.5 Å². The van der Waals surface area contributed by atoms with Gasteiger partial charge in [0.15, 0.2) is 11.5 Å². The number of nitrogens with two attached hydrogens (primary N) is 1. The molecule has 1 aliphatic carbocycles. The molecule has 1 heterocycles. The number of rotatable bonds is 5. The highest BCUT2D eigenvalue weighted by molar-refractivity contribution is 5.50. The summed E-state index contributed by atoms with van der Waals surface area (Å²) < 4.78 is 17.5. The van der Waals surface area contributed by atoms with Crippen molar-refractivity contribution >= 4 is 0 Å². The molecule has 1 saturated heterocycles. The third kappa shape index (κ3) is 3.48. The molecule has 23 heavy (non-hydrogen) atoms. The average Bonchev–Trinajstić information content (AvgIpc) is 2.63. The quantitative estimate of drug-likeness (QED) is 0.903. The van der Waals surface area contributed by atoms with Crippen molar-refractivity contribution in [2.24, 2.45) is 5.73 Å². The molecule has 4 heteroatoms. The van der Waals surface area contributed by atoms with Crippen LogP contribution in [-0.4, -0.2) is 33.0 Å². The van der Waals surface area contributed by atoms with Gasteiger partial charge in [-0.2, -0.15) is 0 Å². The second-order valence-electron chi connectivity index (χ2n) is 6.84. The highest BCUT2D eigenvalue weighted by Gasteiger charge is 2.36. The monoisotopic (exact) mass is 319 g/mol. The van der Waals surface area contributed by atoms with Gasteiger partial charge >= 0.3 is 0 Å². The lowest BCUT2D eigenvalue weighted by atomic mass is 9.69. The van der Waals surface area contributed by atoms with Crippen molar-refractivity contribution in [1.29, 1.82) is 0 Å². The first-order valence-corrected chi connectivity index (χ1v) is 8.91. The van der Waals surface area contributed by atoms with Crippen LogP contribution < -0.4 is 15.2 Å². The van der Waals surface area contributed by atoms with Gasteiger partial charge in [0, 0.05) is 24.1 Å². The van der Waals surface area contributed by atoms with Crippen LogP contribution in [0.5, 0.6) is 11.5 Å². The molecular formula is C19H29NO3. The fourth-order valence-electron chi connectivity index (χ4n) is 4.03. The van der Waals surface area contributed by atoms with Gasteiger partial charge in [0.2, 0.25) is 0 Å². The molecule has 1 saturated carbocycles. The van der Waals surface area contributed by atoms with Gasteiger partial charge in [-0.25, -0.2) is 0 Å². The van der Waals surface area contributed by atoms with Gasteiger partial charge in [-0.15, -0.1) is 0 Å². The van der Waals surface area contributed by atoms with E-state index in [9.17, 15) is 0 Å². The van der Waals surface area contributed by atoms with Gasteiger partial charge in [0.1, 0.15) is 6.10 Å². The van der Waals surface area contributed by atoms with Crippen LogP contribution in [0.2, 0.25) is 0 Å². The molecule has 0 spiro atoms. The minimum absolute atomic E-state index is 0.0338. The zero-order valence-electron chi connectivity index (χ0n) is 14.2. The fourth-order valence-corrected chi connectivity index (χ4v) is 4.03. The minimum Gasteiger partial charge on any atom is -0.493 e. The van der Waals surface area contributed by atoms with Crippen LogP contribution in [0.4, 0.5) is 0 Å². The summed E-state index contributed by atoms with van der Waals surface area (Å²) in [6, 6.07) is 6.24. The van der Waals surface area contributed by atoms with Gasteiger partial charge in [-0.05, 0) is 31.7 Å². The number of para-hydroxylation sites is 1. The number of hydrogen-bond acceptors (Lipinski definition) is 4. The lowest BCUT2D eigenvalue weighted by Crippen LogP contribution is -2.37. The number of hydrogen-bond donors (Lipinski definition) is 1. The Bertz CT molecular complexity index is 505. The fraction of sp³-hybridized carbons (Fsp3) is 0.684. The van der Waals surface area contributed by atoms with Crippen LogP contribution in [0.3, 0.4) is 0 Å². The lowest BCUT2D eigenvalue weighted by molar-refractivity contribution is 0.00630. The molecule has 2 aliphatic rings. The second kappa shape index (κ2) is 7.54. The van der Waals surface area contributed by atoms with E-state index in [4.69, 9.17) is 19.9 Å². The normalized spacial score (nSPS) is 24.2. The van der Waals surface area contributed by atoms with Crippen LogP contribution in [0.1, 0.15) is 50.5 Å². The molecule has 4 nitrogen and oxygen atoms in total. The Labute approximate surface area is 139 Å². The molecule has 128 valence electrons. The maximum absolute atomic E-state index is 6.21. The smallest absolute Gasteiger partial charge is 0.164 e. The number of methoxy groups -OCH3 is 1. The molecule has 0 bridgehead atoms. The van der Waals surface area contributed by atoms with Crippen LogP contribution in [-0.2, 0) is 10.2 Å². The third-order valence-corrected chi connectivity index (χ3v) is 5.37. The highest BCUT2D eigenvalue weighted by atomic mass is 16.5. The molecule has 2 fully saturated rings. The molecule has 2 N–H and O–H groups in total. The maximum atomic E-state index is 6.21. The molecule has 1 aromatic rings. The summed E-state index contributed by atoms with van der Waals surface area (Å²) in [5, 5.41) is 0. The van der Waals surface area contributed by atoms with Crippen molar-refractivity contribution in [3.63, 3.8) is 0 Å². The summed E-state index contributed by atoms with van der Waals surface area (Å²) in [4.78, 5) is 0. The standard InChI is InChI=1S/C19H29NO3/c1-21-18-16(19(14-20)10-3-2-4-11-19)8-5-9-17(18)23-15-7-6-12-22-13-15/h5,8-9,15H,2-4,6-7,10-14,20H2,1H3. The summed E-state index contributed by atoms with van der Waals surface area (Å²) >= 11 is 0. The zero-order chi connectivity index (χ0) is 16.1. The SMILES string of the molecule is COc1c(OC2CCCOC2)cccc1C1(CN)CCCCC1. The first-order valence-electron chi connectivity index (χ1n) is 8.91. The molecule has 1 aromatic carbocycles. The van der Waals surface area contributed by atoms with Crippen molar-refractivity contribution in [2.75, 3.05) is 26.9 Å². The Hall–Kier alpha value is -1.26. The summed E-state index contributed by atoms with van der Waals surface area (Å²) in [6.07, 6.45) is 8.26. The highest BCUT2D eigenvalue weighted by Crippen LogP contribution is 2.46. The Morgan fingerprint density at radius 2 is 2.04 bits per heavy atom. The maximum Gasteiger partial charge on any atom is 0.164 e. The van der Waals surface area contributed by atoms with E-state index in [2.05, 4.69) is 12.1 Å². The zero-order valence-corrected chi connectivity index (χ0v) is 14.2. The lowest BCUT2D eigenvalue weighted by Gasteiger charge is -2.38. The van der Waals surface area contributed by atoms with Crippen molar-refractivity contribution in [3.05, 3.63) is 23.8 Å². The molecule has 3 rings (SSSR count). The largest absolute Gasteiger partial charge is 0.493 e. The first kappa shape index (κ1) is 16.6. The molecular weight excluding hydrogens is 290 g/mol. The summed E-state index contributed by atoms with van der Waals surface area (Å²) in [5.41, 5.74) is 7.46. The van der Waals surface area contributed by atoms with E-state index in [1.807, 2.05) is 6.07 Å². The molecule has 0 radical (unpaired) electrons. The van der Waals surface area contributed by atoms with Crippen molar-refractivity contribution in [2.45, 2.75) is 56.5 Å². The molecule has 1 aliphatic heterocycles. The van der Waals surface area contributed by atoms with Crippen molar-refractivity contribution < 1.29 is 14.2 Å². The summed E-state index contributed by atoms with van der Waals surface area (Å²) in [6.45, 7) is 2.17. The van der Waals surface area contributed by atoms with Gasteiger partial charge in [-0.3, -0.25) is 0 Å². The second-order valence-corrected chi connectivity index (χ2v) is 6.84. The van der Waals surface area contributed by atoms with Crippen LogP contribution in [0, 0.1) is 0 Å². The Morgan fingerprint density at radius 3 is 2.70 bits per heavy atom. The van der Waals surface area contributed by atoms with Crippen molar-refractivity contribution in [3.8, 4) is 11.5 Å². The van der Waals surface area contributed by atoms with E-state index in [0.29, 0.717) is 13.2 Å². The predicted octanol–water partition coefficient (Wildman–Crippen LogP) is 3.41. The Kier molecular flexibility index (Phi) is 5.44. The first-order chi connectivity index (χ1) is 11.3. The van der Waals surface area contributed by atoms with E-state index in [1.54, 1.807) is 7.11 Å². The third-order valence-electron chi connectivity index (χ3n) is 5.37. The molecule has 1 atom stereocenters. The van der Waals surface area contributed by atoms with E-state index in [1.165, 1.54) is 24.8 Å². The van der Waals surface area contributed by atoms with Crippen LogP contribution in [0.15, 0.2) is 18.2 Å². The summed E-state index contributed by atoms with van der Waals surface area (Å²) in [5.74, 6) is 1.70. The number of benzene rings is 1. The van der Waals surface area contributed by atoms with Gasteiger partial charge < -0.3 is 19.9 Å². The van der Waals surface area contributed by atoms with Gasteiger partial charge in [-0.1, -0.05) is 31.4 Å². The topological polar surface area (TPSA) is 53.7 Å². The van der Waals surface area contributed by atoms with E-state index >= 15 is 0 Å². The molecule has 0 amide bonds. The summed E-state index contributed by atoms with van der Waals surface area (Å²) in [7, 11) is 1.73. The number of ether oxygens (including phenoxy) is 3. The van der Waals surface area contributed by atoms with E-state index < -0.39 is 0 Å². The predicted molar refractivity (Wildman–Crippen MR) is 91.3 cm³/mol. The average molecular weight is 319 g/mol. The van der Waals surface area contributed by atoms with Gasteiger partial charge in [0.25, 0.3) is 0 Å².